The Morgan fingerprint density at radius 2 is 0.889 bits per heavy atom. The summed E-state index contributed by atoms with van der Waals surface area (Å²) in [4.78, 5) is 9.21. The summed E-state index contributed by atoms with van der Waals surface area (Å²) in [7, 11) is 0. The van der Waals surface area contributed by atoms with Crippen LogP contribution in [0.5, 0.6) is 11.5 Å². The number of rotatable bonds is 26. The molecule has 0 saturated heterocycles. The first kappa shape index (κ1) is 40.1. The zero-order valence-electron chi connectivity index (χ0n) is 32.4. The van der Waals surface area contributed by atoms with Crippen molar-refractivity contribution in [2.24, 2.45) is 9.98 Å². The summed E-state index contributed by atoms with van der Waals surface area (Å²) in [5, 5.41) is 17.1. The Morgan fingerprint density at radius 3 is 1.30 bits per heavy atom. The molecule has 5 aromatic rings. The highest BCUT2D eigenvalue weighted by atomic mass is 16.5. The summed E-state index contributed by atoms with van der Waals surface area (Å²) in [6.45, 7) is 6.01. The van der Waals surface area contributed by atoms with Gasteiger partial charge in [0, 0.05) is 0 Å². The monoisotopic (exact) mass is 730 g/mol. The molecule has 0 spiro atoms. The number of aliphatic imine (C=N–C) groups is 2. The van der Waals surface area contributed by atoms with Crippen LogP contribution in [-0.2, 0) is 0 Å². The Hall–Kier alpha value is -5.12. The fourth-order valence-corrected chi connectivity index (χ4v) is 6.10. The molecule has 2 aromatic heterocycles. The molecule has 0 aliphatic heterocycles. The first-order valence-corrected chi connectivity index (χ1v) is 20.2. The van der Waals surface area contributed by atoms with Crippen LogP contribution in [0.4, 0.5) is 11.4 Å². The second-order valence-corrected chi connectivity index (χ2v) is 13.8. The highest BCUT2D eigenvalue weighted by molar-refractivity contribution is 5.81. The van der Waals surface area contributed by atoms with E-state index < -0.39 is 0 Å². The van der Waals surface area contributed by atoms with Crippen LogP contribution < -0.4 is 9.47 Å². The number of benzene rings is 3. The van der Waals surface area contributed by atoms with Crippen molar-refractivity contribution >= 4 is 23.8 Å². The highest BCUT2D eigenvalue weighted by Gasteiger charge is 2.05. The van der Waals surface area contributed by atoms with Crippen molar-refractivity contribution < 1.29 is 9.47 Å². The van der Waals surface area contributed by atoms with Gasteiger partial charge in [0.1, 0.15) is 22.9 Å². The van der Waals surface area contributed by atoms with Crippen molar-refractivity contribution in [3.8, 4) is 22.9 Å². The Kier molecular flexibility index (Phi) is 17.5. The average Bonchev–Trinajstić information content (AvgIpc) is 3.89. The van der Waals surface area contributed by atoms with Crippen LogP contribution in [0, 0.1) is 0 Å². The van der Waals surface area contributed by atoms with Crippen molar-refractivity contribution in [1.29, 1.82) is 0 Å². The van der Waals surface area contributed by atoms with Crippen molar-refractivity contribution in [2.75, 3.05) is 13.2 Å². The molecule has 0 amide bonds. The lowest BCUT2D eigenvalue weighted by atomic mass is 10.1. The van der Waals surface area contributed by atoms with Gasteiger partial charge >= 0.3 is 0 Å². The van der Waals surface area contributed by atoms with Crippen molar-refractivity contribution in [1.82, 2.24) is 30.0 Å². The minimum absolute atomic E-state index is 0.652. The third kappa shape index (κ3) is 14.4. The molecule has 286 valence electrons. The van der Waals surface area contributed by atoms with Gasteiger partial charge in [-0.15, -0.1) is 10.2 Å². The normalized spacial score (nSPS) is 11.6. The van der Waals surface area contributed by atoms with Gasteiger partial charge in [-0.3, -0.25) is 9.98 Å². The van der Waals surface area contributed by atoms with Crippen LogP contribution in [0.25, 0.3) is 11.4 Å². The van der Waals surface area contributed by atoms with Gasteiger partial charge in [-0.05, 0) is 79.6 Å². The quantitative estimate of drug-likeness (QED) is 0.0414. The number of ether oxygens (including phenoxy) is 2. The molecule has 2 heterocycles. The molecule has 10 nitrogen and oxygen atoms in total. The highest BCUT2D eigenvalue weighted by Crippen LogP contribution is 2.21. The summed E-state index contributed by atoms with van der Waals surface area (Å²) >= 11 is 0. The number of aromatic nitrogens is 6. The van der Waals surface area contributed by atoms with Crippen molar-refractivity contribution in [3.05, 3.63) is 96.6 Å². The summed E-state index contributed by atoms with van der Waals surface area (Å²) in [5.41, 5.74) is 4.63. The fraction of sp³-hybridized carbons (Fsp3) is 0.455. The summed E-state index contributed by atoms with van der Waals surface area (Å²) < 4.78 is 15.4. The van der Waals surface area contributed by atoms with Crippen molar-refractivity contribution in [3.63, 3.8) is 0 Å². The molecule has 0 fully saturated rings. The molecule has 0 radical (unpaired) electrons. The summed E-state index contributed by atoms with van der Waals surface area (Å²) in [5.74, 6) is 1.74. The molecule has 0 saturated carbocycles. The minimum atomic E-state index is 0.652. The van der Waals surface area contributed by atoms with E-state index in [-0.39, 0.29) is 0 Å². The predicted molar refractivity (Wildman–Crippen MR) is 220 cm³/mol. The largest absolute Gasteiger partial charge is 0.494 e. The third-order valence-electron chi connectivity index (χ3n) is 9.28. The maximum atomic E-state index is 5.95. The van der Waals surface area contributed by atoms with Gasteiger partial charge in [0.2, 0.25) is 0 Å². The lowest BCUT2D eigenvalue weighted by Crippen LogP contribution is -1.98. The Labute approximate surface area is 321 Å². The van der Waals surface area contributed by atoms with E-state index in [2.05, 4.69) is 44.5 Å². The van der Waals surface area contributed by atoms with Gasteiger partial charge in [-0.2, -0.15) is 0 Å². The van der Waals surface area contributed by atoms with Crippen LogP contribution in [0.1, 0.15) is 128 Å². The molecular weight excluding hydrogens is 673 g/mol. The first-order valence-electron chi connectivity index (χ1n) is 20.2. The molecule has 0 unspecified atom stereocenters. The third-order valence-corrected chi connectivity index (χ3v) is 9.28. The van der Waals surface area contributed by atoms with Crippen LogP contribution >= 0.6 is 0 Å². The topological polar surface area (TPSA) is 105 Å². The standard InChI is InChI=1S/C44H58N8O2/c1-3-5-7-9-11-13-15-17-30-53-43-26-22-41(23-27-43)51-35-39(47-49-51)33-45-37-20-19-21-38(32-37)46-34-40-36-52(50-48-40)42-24-28-44(29-25-42)54-31-18-16-14-12-10-8-6-4-2/h19-29,32-36H,3-18,30-31H2,1-2H3. The maximum Gasteiger partial charge on any atom is 0.124 e. The van der Waals surface area contributed by atoms with Crippen LogP contribution in [0.2, 0.25) is 0 Å². The zero-order chi connectivity index (χ0) is 37.5. The van der Waals surface area contributed by atoms with E-state index in [1.54, 1.807) is 21.8 Å². The Morgan fingerprint density at radius 1 is 0.500 bits per heavy atom. The van der Waals surface area contributed by atoms with Gasteiger partial charge < -0.3 is 9.47 Å². The fourth-order valence-electron chi connectivity index (χ4n) is 6.10. The lowest BCUT2D eigenvalue weighted by molar-refractivity contribution is 0.304. The maximum absolute atomic E-state index is 5.95. The molecule has 54 heavy (non-hydrogen) atoms. The summed E-state index contributed by atoms with van der Waals surface area (Å²) in [6, 6.07) is 23.5. The van der Waals surface area contributed by atoms with E-state index in [0.29, 0.717) is 11.4 Å². The van der Waals surface area contributed by atoms with Crippen LogP contribution in [-0.4, -0.2) is 55.6 Å². The van der Waals surface area contributed by atoms with Gasteiger partial charge in [0.15, 0.2) is 0 Å². The van der Waals surface area contributed by atoms with E-state index >= 15 is 0 Å². The first-order chi connectivity index (χ1) is 26.7. The summed E-state index contributed by atoms with van der Waals surface area (Å²) in [6.07, 6.45) is 27.7. The van der Waals surface area contributed by atoms with Gasteiger partial charge in [0.05, 0.1) is 60.8 Å². The average molecular weight is 731 g/mol. The van der Waals surface area contributed by atoms with Gasteiger partial charge in [-0.1, -0.05) is 120 Å². The van der Waals surface area contributed by atoms with Crippen LogP contribution in [0.3, 0.4) is 0 Å². The van der Waals surface area contributed by atoms with Crippen LogP contribution in [0.15, 0.2) is 95.2 Å². The molecule has 0 aliphatic carbocycles. The second-order valence-electron chi connectivity index (χ2n) is 13.8. The SMILES string of the molecule is CCCCCCCCCCOc1ccc(-n2cc(C=Nc3cccc(N=Cc4cn(-c5ccc(OCCCCCCCCCC)cc5)nn4)c3)nn2)cc1. The zero-order valence-corrected chi connectivity index (χ0v) is 32.4. The van der Waals surface area contributed by atoms with E-state index in [0.717, 1.165) is 60.3 Å². The van der Waals surface area contributed by atoms with E-state index in [1.165, 1.54) is 89.9 Å². The predicted octanol–water partition coefficient (Wildman–Crippen LogP) is 11.4. The number of nitrogens with zero attached hydrogens (tertiary/aromatic N) is 8. The van der Waals surface area contributed by atoms with Gasteiger partial charge in [-0.25, -0.2) is 9.36 Å². The smallest absolute Gasteiger partial charge is 0.124 e. The molecule has 0 aliphatic rings. The van der Waals surface area contributed by atoms with E-state index in [4.69, 9.17) is 9.47 Å². The van der Waals surface area contributed by atoms with Crippen molar-refractivity contribution in [2.45, 2.75) is 117 Å². The second kappa shape index (κ2) is 23.5. The molecule has 0 atom stereocenters. The number of hydrogen-bond acceptors (Lipinski definition) is 8. The molecule has 5 rings (SSSR count). The molecule has 0 N–H and O–H groups in total. The molecule has 3 aromatic carbocycles. The van der Waals surface area contributed by atoms with E-state index in [1.807, 2.05) is 85.2 Å². The Bertz CT molecular complexity index is 1680. The number of hydrogen-bond donors (Lipinski definition) is 0. The lowest BCUT2D eigenvalue weighted by Gasteiger charge is -2.07. The van der Waals surface area contributed by atoms with E-state index in [9.17, 15) is 0 Å². The van der Waals surface area contributed by atoms with Gasteiger partial charge in [0.25, 0.3) is 0 Å². The minimum Gasteiger partial charge on any atom is -0.494 e. The Balaban J connectivity index is 1.03. The molecule has 10 heteroatoms. The number of unbranched alkanes of at least 4 members (excludes halogenated alkanes) is 14. The molecular formula is C44H58N8O2. The molecule has 0 bridgehead atoms.